The van der Waals surface area contributed by atoms with Gasteiger partial charge in [0.2, 0.25) is 0 Å². The Hall–Kier alpha value is -1.81. The summed E-state index contributed by atoms with van der Waals surface area (Å²) < 4.78 is 13.5. The molecule has 0 N–H and O–H groups in total. The molecule has 1 unspecified atom stereocenters. The predicted molar refractivity (Wildman–Crippen MR) is 111 cm³/mol. The van der Waals surface area contributed by atoms with Crippen molar-refractivity contribution < 1.29 is 4.57 Å². The molecule has 0 aliphatic heterocycles. The second kappa shape index (κ2) is 6.98. The summed E-state index contributed by atoms with van der Waals surface area (Å²) in [6, 6.07) is 30.8. The molecule has 0 aromatic heterocycles. The molecule has 3 rings (SSSR count). The largest absolute Gasteiger partial charge is 0.315 e. The fraction of sp³-hybridized carbons (Fsp3) is 0.0952. The maximum absolute atomic E-state index is 13.5. The van der Waals surface area contributed by atoms with Crippen LogP contribution in [0.3, 0.4) is 0 Å². The standard InChI is InChI=1S/C21H22OP2/c1-23(19-12-6-3-7-13-19,20-14-8-4-9-15-20)18-24(2,22)21-16-10-5-11-17-21/h3-18H,1-2H3. The fourth-order valence-corrected chi connectivity index (χ4v) is 10.8. The van der Waals surface area contributed by atoms with E-state index in [1.54, 1.807) is 0 Å². The van der Waals surface area contributed by atoms with Crippen LogP contribution < -0.4 is 15.9 Å². The van der Waals surface area contributed by atoms with Crippen molar-refractivity contribution in [3.8, 4) is 0 Å². The van der Waals surface area contributed by atoms with Gasteiger partial charge in [0.25, 0.3) is 0 Å². The third-order valence-corrected chi connectivity index (χ3v) is 12.0. The smallest absolute Gasteiger partial charge is 0.134 e. The van der Waals surface area contributed by atoms with E-state index < -0.39 is 14.0 Å². The third kappa shape index (κ3) is 3.48. The van der Waals surface area contributed by atoms with Gasteiger partial charge in [-0.15, -0.1) is 0 Å². The van der Waals surface area contributed by atoms with Gasteiger partial charge in [0.05, 0.1) is 0 Å². The van der Waals surface area contributed by atoms with E-state index in [-0.39, 0.29) is 0 Å². The van der Waals surface area contributed by atoms with Gasteiger partial charge in [0.1, 0.15) is 7.14 Å². The van der Waals surface area contributed by atoms with Crippen molar-refractivity contribution in [1.29, 1.82) is 0 Å². The molecule has 122 valence electrons. The second-order valence-corrected chi connectivity index (χ2v) is 12.8. The summed E-state index contributed by atoms with van der Waals surface area (Å²) >= 11 is 0. The van der Waals surface area contributed by atoms with Gasteiger partial charge in [0, 0.05) is 5.30 Å². The van der Waals surface area contributed by atoms with Crippen molar-refractivity contribution in [2.24, 2.45) is 0 Å². The van der Waals surface area contributed by atoms with E-state index in [4.69, 9.17) is 0 Å². The van der Waals surface area contributed by atoms with Crippen molar-refractivity contribution >= 4 is 35.5 Å². The number of hydrogen-bond donors (Lipinski definition) is 0. The Morgan fingerprint density at radius 1 is 0.583 bits per heavy atom. The molecule has 0 amide bonds. The topological polar surface area (TPSA) is 17.1 Å². The summed E-state index contributed by atoms with van der Waals surface area (Å²) in [5.74, 6) is 0. The van der Waals surface area contributed by atoms with E-state index in [9.17, 15) is 4.57 Å². The molecule has 0 heterocycles. The maximum atomic E-state index is 13.5. The van der Waals surface area contributed by atoms with E-state index in [1.807, 2.05) is 49.1 Å². The molecule has 0 saturated heterocycles. The predicted octanol–water partition coefficient (Wildman–Crippen LogP) is 4.36. The zero-order valence-electron chi connectivity index (χ0n) is 14.0. The van der Waals surface area contributed by atoms with Gasteiger partial charge in [0.15, 0.2) is 0 Å². The zero-order valence-corrected chi connectivity index (χ0v) is 15.8. The van der Waals surface area contributed by atoms with E-state index in [2.05, 4.69) is 60.7 Å². The maximum Gasteiger partial charge on any atom is 0.134 e. The summed E-state index contributed by atoms with van der Waals surface area (Å²) in [6.45, 7) is 2.29. The minimum atomic E-state index is -2.57. The molecule has 0 aliphatic rings. The summed E-state index contributed by atoms with van der Waals surface area (Å²) in [7, 11) is -2.57. The average molecular weight is 352 g/mol. The highest BCUT2D eigenvalue weighted by Crippen LogP contribution is 2.50. The molecule has 0 saturated carbocycles. The van der Waals surface area contributed by atoms with Crippen LogP contribution >= 0.6 is 14.0 Å². The van der Waals surface area contributed by atoms with Crippen molar-refractivity contribution in [2.75, 3.05) is 13.3 Å². The molecule has 3 heteroatoms. The van der Waals surface area contributed by atoms with Crippen LogP contribution in [0.5, 0.6) is 0 Å². The normalized spacial score (nSPS) is 13.9. The van der Waals surface area contributed by atoms with E-state index in [1.165, 1.54) is 10.6 Å². The highest BCUT2D eigenvalue weighted by atomic mass is 31.2. The minimum Gasteiger partial charge on any atom is -0.315 e. The summed E-state index contributed by atoms with van der Waals surface area (Å²) in [4.78, 5) is 0. The first kappa shape index (κ1) is 17.0. The number of benzene rings is 3. The molecule has 0 radical (unpaired) electrons. The van der Waals surface area contributed by atoms with Crippen LogP contribution in [0.4, 0.5) is 0 Å². The molecule has 3 aromatic rings. The highest BCUT2D eigenvalue weighted by molar-refractivity contribution is 8.04. The van der Waals surface area contributed by atoms with Crippen molar-refractivity contribution in [1.82, 2.24) is 0 Å². The lowest BCUT2D eigenvalue weighted by molar-refractivity contribution is 0.592. The Bertz CT molecular complexity index is 857. The number of hydrogen-bond acceptors (Lipinski definition) is 1. The van der Waals surface area contributed by atoms with Gasteiger partial charge >= 0.3 is 0 Å². The molecule has 1 atom stereocenters. The van der Waals surface area contributed by atoms with Crippen LogP contribution in [0.25, 0.3) is 0 Å². The average Bonchev–Trinajstić information content (AvgIpc) is 2.63. The van der Waals surface area contributed by atoms with E-state index in [0.717, 1.165) is 5.30 Å². The van der Waals surface area contributed by atoms with Crippen LogP contribution in [0, 0.1) is 0 Å². The molecular weight excluding hydrogens is 330 g/mol. The Kier molecular flexibility index (Phi) is 4.95. The van der Waals surface area contributed by atoms with E-state index >= 15 is 0 Å². The van der Waals surface area contributed by atoms with Crippen molar-refractivity contribution in [3.05, 3.63) is 91.0 Å². The van der Waals surface area contributed by atoms with Crippen LogP contribution in [-0.4, -0.2) is 18.9 Å². The second-order valence-electron chi connectivity index (χ2n) is 6.19. The van der Waals surface area contributed by atoms with Crippen LogP contribution in [0.2, 0.25) is 0 Å². The summed E-state index contributed by atoms with van der Waals surface area (Å²) in [6.07, 6.45) is 0. The first-order chi connectivity index (χ1) is 11.5. The Morgan fingerprint density at radius 3 is 1.29 bits per heavy atom. The van der Waals surface area contributed by atoms with Gasteiger partial charge in [-0.05, 0) is 36.4 Å². The first-order valence-corrected chi connectivity index (χ1v) is 12.5. The molecule has 24 heavy (non-hydrogen) atoms. The minimum absolute atomic E-state index is 0.920. The molecule has 0 aliphatic carbocycles. The molecule has 0 fully saturated rings. The van der Waals surface area contributed by atoms with Gasteiger partial charge in [-0.2, -0.15) is 0 Å². The monoisotopic (exact) mass is 352 g/mol. The number of rotatable bonds is 4. The Labute approximate surface area is 144 Å². The molecule has 0 bridgehead atoms. The Balaban J connectivity index is 2.25. The van der Waals surface area contributed by atoms with Gasteiger partial charge in [-0.25, -0.2) is 0 Å². The third-order valence-electron chi connectivity index (χ3n) is 4.31. The van der Waals surface area contributed by atoms with Crippen LogP contribution in [0.15, 0.2) is 91.0 Å². The first-order valence-electron chi connectivity index (χ1n) is 8.00. The highest BCUT2D eigenvalue weighted by Gasteiger charge is 2.23. The van der Waals surface area contributed by atoms with Crippen molar-refractivity contribution in [2.45, 2.75) is 0 Å². The quantitative estimate of drug-likeness (QED) is 0.638. The lowest BCUT2D eigenvalue weighted by Gasteiger charge is -2.25. The van der Waals surface area contributed by atoms with Gasteiger partial charge in [-0.3, -0.25) is 0 Å². The SMILES string of the molecule is CP(=O)(C=P(C)(c1ccccc1)c1ccccc1)c1ccccc1. The van der Waals surface area contributed by atoms with Crippen LogP contribution in [-0.2, 0) is 4.57 Å². The summed E-state index contributed by atoms with van der Waals surface area (Å²) in [5.41, 5.74) is 2.15. The summed E-state index contributed by atoms with van der Waals surface area (Å²) in [5, 5.41) is 3.44. The van der Waals surface area contributed by atoms with E-state index in [0.29, 0.717) is 0 Å². The zero-order chi connectivity index (χ0) is 17.0. The van der Waals surface area contributed by atoms with Gasteiger partial charge < -0.3 is 4.57 Å². The lowest BCUT2D eigenvalue weighted by atomic mass is 10.4. The van der Waals surface area contributed by atoms with Gasteiger partial charge in [-0.1, -0.05) is 91.0 Å². The molecule has 0 spiro atoms. The van der Waals surface area contributed by atoms with Crippen LogP contribution in [0.1, 0.15) is 0 Å². The Morgan fingerprint density at radius 2 is 0.917 bits per heavy atom. The molecular formula is C21H22OP2. The lowest BCUT2D eigenvalue weighted by Crippen LogP contribution is -2.18. The molecule has 3 aromatic carbocycles. The van der Waals surface area contributed by atoms with Crippen molar-refractivity contribution in [3.63, 3.8) is 0 Å². The molecule has 1 nitrogen and oxygen atoms in total. The fourth-order valence-electron chi connectivity index (χ4n) is 2.99.